The number of carbonyl (C=O) groups is 1. The minimum absolute atomic E-state index is 0.112. The topological polar surface area (TPSA) is 73.6 Å². The van der Waals surface area contributed by atoms with Crippen molar-refractivity contribution < 1.29 is 14.3 Å². The second-order valence-electron chi connectivity index (χ2n) is 5.16. The van der Waals surface area contributed by atoms with Crippen molar-refractivity contribution in [3.63, 3.8) is 0 Å². The normalized spacial score (nSPS) is 11.8. The molecule has 0 radical (unpaired) electrons. The quantitative estimate of drug-likeness (QED) is 0.571. The molecule has 118 valence electrons. The molecule has 21 heavy (non-hydrogen) atoms. The second kappa shape index (κ2) is 8.39. The van der Waals surface area contributed by atoms with Crippen LogP contribution in [0.5, 0.6) is 11.5 Å². The summed E-state index contributed by atoms with van der Waals surface area (Å²) < 4.78 is 10.3. The van der Waals surface area contributed by atoms with Crippen molar-refractivity contribution in [3.8, 4) is 11.5 Å². The number of anilines is 1. The van der Waals surface area contributed by atoms with Crippen LogP contribution >= 0.6 is 0 Å². The van der Waals surface area contributed by atoms with Crippen LogP contribution in [-0.4, -0.2) is 26.2 Å². The summed E-state index contributed by atoms with van der Waals surface area (Å²) in [4.78, 5) is 12.3. The summed E-state index contributed by atoms with van der Waals surface area (Å²) in [6, 6.07) is 3.41. The lowest BCUT2D eigenvalue weighted by atomic mass is 10.1. The molecule has 0 saturated heterocycles. The maximum atomic E-state index is 12.3. The number of hydrogen-bond donors (Lipinski definition) is 2. The van der Waals surface area contributed by atoms with Gasteiger partial charge in [0.25, 0.3) is 5.91 Å². The van der Waals surface area contributed by atoms with E-state index in [9.17, 15) is 4.79 Å². The molecule has 1 atom stereocenters. The van der Waals surface area contributed by atoms with Crippen molar-refractivity contribution in [2.75, 3.05) is 20.0 Å². The zero-order valence-electron chi connectivity index (χ0n) is 13.4. The van der Waals surface area contributed by atoms with Gasteiger partial charge < -0.3 is 20.5 Å². The Morgan fingerprint density at radius 2 is 2.00 bits per heavy atom. The van der Waals surface area contributed by atoms with E-state index in [2.05, 4.69) is 12.2 Å². The molecule has 0 aromatic heterocycles. The standard InChI is InChI=1S/C16H26N2O3/c1-5-6-7-8-11(2)18-16(19)13-9-12(20-3)10-14(21-4)15(13)17/h9-11H,5-8,17H2,1-4H3,(H,18,19). The summed E-state index contributed by atoms with van der Waals surface area (Å²) in [7, 11) is 3.06. The number of methoxy groups -OCH3 is 2. The third-order valence-corrected chi connectivity index (χ3v) is 3.43. The van der Waals surface area contributed by atoms with E-state index < -0.39 is 0 Å². The third kappa shape index (κ3) is 4.85. The highest BCUT2D eigenvalue weighted by Crippen LogP contribution is 2.31. The number of rotatable bonds is 8. The molecule has 1 aromatic rings. The fraction of sp³-hybridized carbons (Fsp3) is 0.562. The Hall–Kier alpha value is -1.91. The summed E-state index contributed by atoms with van der Waals surface area (Å²) in [5, 5.41) is 2.97. The van der Waals surface area contributed by atoms with Crippen LogP contribution in [-0.2, 0) is 0 Å². The number of nitrogens with one attached hydrogen (secondary N) is 1. The van der Waals surface area contributed by atoms with E-state index in [0.29, 0.717) is 22.7 Å². The van der Waals surface area contributed by atoms with Crippen LogP contribution in [0.4, 0.5) is 5.69 Å². The number of nitrogens with two attached hydrogens (primary N) is 1. The van der Waals surface area contributed by atoms with Gasteiger partial charge in [-0.3, -0.25) is 4.79 Å². The first-order valence-electron chi connectivity index (χ1n) is 7.35. The lowest BCUT2D eigenvalue weighted by Gasteiger charge is -2.16. The predicted molar refractivity (Wildman–Crippen MR) is 85.0 cm³/mol. The summed E-state index contributed by atoms with van der Waals surface area (Å²) >= 11 is 0. The van der Waals surface area contributed by atoms with Gasteiger partial charge in [-0.1, -0.05) is 26.2 Å². The summed E-state index contributed by atoms with van der Waals surface area (Å²) in [6.45, 7) is 4.16. The number of carbonyl (C=O) groups excluding carboxylic acids is 1. The Balaban J connectivity index is 2.81. The largest absolute Gasteiger partial charge is 0.497 e. The van der Waals surface area contributed by atoms with Crippen LogP contribution in [0.15, 0.2) is 12.1 Å². The average molecular weight is 294 g/mol. The Morgan fingerprint density at radius 1 is 1.29 bits per heavy atom. The molecule has 1 aromatic carbocycles. The van der Waals surface area contributed by atoms with E-state index in [1.807, 2.05) is 6.92 Å². The molecule has 0 spiro atoms. The number of hydrogen-bond acceptors (Lipinski definition) is 4. The molecule has 0 saturated carbocycles. The molecule has 5 heteroatoms. The predicted octanol–water partition coefficient (Wildman–Crippen LogP) is 2.98. The second-order valence-corrected chi connectivity index (χ2v) is 5.16. The molecule has 1 rings (SSSR count). The van der Waals surface area contributed by atoms with Crippen molar-refractivity contribution >= 4 is 11.6 Å². The summed E-state index contributed by atoms with van der Waals surface area (Å²) in [5.74, 6) is 0.789. The fourth-order valence-corrected chi connectivity index (χ4v) is 2.15. The van der Waals surface area contributed by atoms with Crippen molar-refractivity contribution in [3.05, 3.63) is 17.7 Å². The average Bonchev–Trinajstić information content (AvgIpc) is 2.47. The first-order chi connectivity index (χ1) is 10.0. The lowest BCUT2D eigenvalue weighted by Crippen LogP contribution is -2.33. The minimum atomic E-state index is -0.200. The van der Waals surface area contributed by atoms with E-state index in [4.69, 9.17) is 15.2 Å². The molecule has 0 aliphatic carbocycles. The first-order valence-corrected chi connectivity index (χ1v) is 7.35. The zero-order chi connectivity index (χ0) is 15.8. The first kappa shape index (κ1) is 17.1. The minimum Gasteiger partial charge on any atom is -0.497 e. The molecule has 1 amide bonds. The van der Waals surface area contributed by atoms with Crippen LogP contribution in [0.25, 0.3) is 0 Å². The molecule has 5 nitrogen and oxygen atoms in total. The maximum absolute atomic E-state index is 12.3. The van der Waals surface area contributed by atoms with Crippen molar-refractivity contribution in [2.45, 2.75) is 45.6 Å². The Morgan fingerprint density at radius 3 is 2.57 bits per heavy atom. The SMILES string of the molecule is CCCCCC(C)NC(=O)c1cc(OC)cc(OC)c1N. The van der Waals surface area contributed by atoms with Crippen LogP contribution < -0.4 is 20.5 Å². The maximum Gasteiger partial charge on any atom is 0.253 e. The van der Waals surface area contributed by atoms with Gasteiger partial charge in [0, 0.05) is 12.1 Å². The van der Waals surface area contributed by atoms with Gasteiger partial charge in [0.15, 0.2) is 0 Å². The number of benzene rings is 1. The van der Waals surface area contributed by atoms with Gasteiger partial charge in [0.05, 0.1) is 25.5 Å². The van der Waals surface area contributed by atoms with Gasteiger partial charge in [-0.15, -0.1) is 0 Å². The molecule has 0 fully saturated rings. The molecule has 0 heterocycles. The fourth-order valence-electron chi connectivity index (χ4n) is 2.15. The van der Waals surface area contributed by atoms with Gasteiger partial charge in [0.2, 0.25) is 0 Å². The van der Waals surface area contributed by atoms with E-state index in [-0.39, 0.29) is 11.9 Å². The van der Waals surface area contributed by atoms with Crippen LogP contribution in [0, 0.1) is 0 Å². The van der Waals surface area contributed by atoms with Gasteiger partial charge >= 0.3 is 0 Å². The monoisotopic (exact) mass is 294 g/mol. The highest BCUT2D eigenvalue weighted by atomic mass is 16.5. The van der Waals surface area contributed by atoms with E-state index in [0.717, 1.165) is 12.8 Å². The van der Waals surface area contributed by atoms with Crippen LogP contribution in [0.2, 0.25) is 0 Å². The van der Waals surface area contributed by atoms with Gasteiger partial charge in [-0.05, 0) is 19.4 Å². The van der Waals surface area contributed by atoms with Gasteiger partial charge in [0.1, 0.15) is 11.5 Å². The molecule has 0 aliphatic heterocycles. The lowest BCUT2D eigenvalue weighted by molar-refractivity contribution is 0.0938. The molecule has 3 N–H and O–H groups in total. The highest BCUT2D eigenvalue weighted by molar-refractivity contribution is 6.01. The van der Waals surface area contributed by atoms with E-state index in [1.165, 1.54) is 20.0 Å². The third-order valence-electron chi connectivity index (χ3n) is 3.43. The summed E-state index contributed by atoms with van der Waals surface area (Å²) in [6.07, 6.45) is 4.41. The van der Waals surface area contributed by atoms with Crippen LogP contribution in [0.1, 0.15) is 49.9 Å². The highest BCUT2D eigenvalue weighted by Gasteiger charge is 2.17. The summed E-state index contributed by atoms with van der Waals surface area (Å²) in [5.41, 5.74) is 6.69. The molecule has 0 aliphatic rings. The Bertz CT molecular complexity index is 475. The van der Waals surface area contributed by atoms with E-state index in [1.54, 1.807) is 19.2 Å². The number of ether oxygens (including phenoxy) is 2. The van der Waals surface area contributed by atoms with Gasteiger partial charge in [-0.2, -0.15) is 0 Å². The Labute approximate surface area is 126 Å². The number of amides is 1. The zero-order valence-corrected chi connectivity index (χ0v) is 13.4. The van der Waals surface area contributed by atoms with Crippen molar-refractivity contribution in [1.29, 1.82) is 0 Å². The molecule has 1 unspecified atom stereocenters. The van der Waals surface area contributed by atoms with Crippen molar-refractivity contribution in [2.24, 2.45) is 0 Å². The van der Waals surface area contributed by atoms with E-state index >= 15 is 0 Å². The van der Waals surface area contributed by atoms with Crippen molar-refractivity contribution in [1.82, 2.24) is 5.32 Å². The Kier molecular flexibility index (Phi) is 6.85. The number of nitrogen functional groups attached to an aromatic ring is 1. The molecular formula is C16H26N2O3. The smallest absolute Gasteiger partial charge is 0.253 e. The van der Waals surface area contributed by atoms with Crippen LogP contribution in [0.3, 0.4) is 0 Å². The van der Waals surface area contributed by atoms with Gasteiger partial charge in [-0.25, -0.2) is 0 Å². The number of unbranched alkanes of at least 4 members (excludes halogenated alkanes) is 2. The molecule has 0 bridgehead atoms. The molecular weight excluding hydrogens is 268 g/mol.